The molecular weight excluding hydrogens is 220 g/mol. The zero-order valence-electron chi connectivity index (χ0n) is 10.4. The summed E-state index contributed by atoms with van der Waals surface area (Å²) in [4.78, 5) is 13.3. The van der Waals surface area contributed by atoms with Crippen molar-refractivity contribution in [1.29, 1.82) is 0 Å². The van der Waals surface area contributed by atoms with Gasteiger partial charge in [-0.2, -0.15) is 0 Å². The van der Waals surface area contributed by atoms with Gasteiger partial charge >= 0.3 is 0 Å². The Morgan fingerprint density at radius 2 is 2.29 bits per heavy atom. The van der Waals surface area contributed by atoms with Crippen LogP contribution in [0.3, 0.4) is 0 Å². The Morgan fingerprint density at radius 3 is 2.76 bits per heavy atom. The fourth-order valence-electron chi connectivity index (χ4n) is 1.86. The maximum Gasteiger partial charge on any atom is 0.234 e. The standard InChI is InChI=1S/C12H18N2O3/c1-12(2,3)9-5-11(17-13-9)14-6-8(7-15)4-10(14)16/h5,8,15H,4,6-7H2,1-3H3. The monoisotopic (exact) mass is 238 g/mol. The van der Waals surface area contributed by atoms with Crippen LogP contribution in [0.4, 0.5) is 5.88 Å². The lowest BCUT2D eigenvalue weighted by molar-refractivity contribution is -0.117. The van der Waals surface area contributed by atoms with E-state index in [1.165, 1.54) is 0 Å². The van der Waals surface area contributed by atoms with Gasteiger partial charge in [0, 0.05) is 37.0 Å². The van der Waals surface area contributed by atoms with Gasteiger partial charge in [0.2, 0.25) is 11.8 Å². The van der Waals surface area contributed by atoms with Gasteiger partial charge in [-0.1, -0.05) is 25.9 Å². The van der Waals surface area contributed by atoms with E-state index >= 15 is 0 Å². The highest BCUT2D eigenvalue weighted by atomic mass is 16.5. The SMILES string of the molecule is CC(C)(C)c1cc(N2CC(CO)CC2=O)on1. The molecule has 1 saturated heterocycles. The number of hydrogen-bond acceptors (Lipinski definition) is 4. The maximum absolute atomic E-state index is 11.7. The van der Waals surface area contributed by atoms with Gasteiger partial charge in [0.1, 0.15) is 0 Å². The van der Waals surface area contributed by atoms with E-state index in [0.29, 0.717) is 18.8 Å². The van der Waals surface area contributed by atoms with Crippen LogP contribution in [0, 0.1) is 5.92 Å². The van der Waals surface area contributed by atoms with Gasteiger partial charge < -0.3 is 9.63 Å². The number of carbonyl (C=O) groups is 1. The summed E-state index contributed by atoms with van der Waals surface area (Å²) in [7, 11) is 0. The molecule has 0 spiro atoms. The van der Waals surface area contributed by atoms with Crippen molar-refractivity contribution in [3.63, 3.8) is 0 Å². The molecule has 2 rings (SSSR count). The van der Waals surface area contributed by atoms with Gasteiger partial charge in [-0.15, -0.1) is 0 Å². The lowest BCUT2D eigenvalue weighted by atomic mass is 9.92. The van der Waals surface area contributed by atoms with Crippen molar-refractivity contribution in [1.82, 2.24) is 5.16 Å². The quantitative estimate of drug-likeness (QED) is 0.843. The topological polar surface area (TPSA) is 66.6 Å². The van der Waals surface area contributed by atoms with Gasteiger partial charge in [-0.05, 0) is 0 Å². The summed E-state index contributed by atoms with van der Waals surface area (Å²) in [6, 6.07) is 1.80. The summed E-state index contributed by atoms with van der Waals surface area (Å²) in [5.74, 6) is 0.474. The van der Waals surface area contributed by atoms with Crippen molar-refractivity contribution in [2.45, 2.75) is 32.6 Å². The highest BCUT2D eigenvalue weighted by molar-refractivity contribution is 5.94. The largest absolute Gasteiger partial charge is 0.396 e. The van der Waals surface area contributed by atoms with Crippen LogP contribution in [0.1, 0.15) is 32.9 Å². The number of aromatic nitrogens is 1. The molecule has 1 N–H and O–H groups in total. The second-order valence-corrected chi connectivity index (χ2v) is 5.56. The maximum atomic E-state index is 11.7. The van der Waals surface area contributed by atoms with E-state index in [0.717, 1.165) is 5.69 Å². The Kier molecular flexibility index (Phi) is 2.95. The fraction of sp³-hybridized carbons (Fsp3) is 0.667. The minimum Gasteiger partial charge on any atom is -0.396 e. The molecule has 1 aliphatic rings. The second kappa shape index (κ2) is 4.14. The zero-order valence-corrected chi connectivity index (χ0v) is 10.4. The number of aliphatic hydroxyl groups is 1. The molecule has 1 aromatic heterocycles. The van der Waals surface area contributed by atoms with Crippen LogP contribution in [0.2, 0.25) is 0 Å². The van der Waals surface area contributed by atoms with Crippen LogP contribution in [0.15, 0.2) is 10.6 Å². The first-order valence-electron chi connectivity index (χ1n) is 5.80. The number of nitrogens with zero attached hydrogens (tertiary/aromatic N) is 2. The Bertz CT molecular complexity index is 420. The molecule has 0 aromatic carbocycles. The number of aliphatic hydroxyl groups excluding tert-OH is 1. The Morgan fingerprint density at radius 1 is 1.59 bits per heavy atom. The predicted octanol–water partition coefficient (Wildman–Crippen LogP) is 1.32. The Balaban J connectivity index is 2.19. The third kappa shape index (κ3) is 2.34. The van der Waals surface area contributed by atoms with Gasteiger partial charge in [0.05, 0.1) is 5.69 Å². The van der Waals surface area contributed by atoms with Gasteiger partial charge in [0.25, 0.3) is 0 Å². The molecule has 94 valence electrons. The van der Waals surface area contributed by atoms with E-state index in [-0.39, 0.29) is 23.8 Å². The molecule has 0 aliphatic carbocycles. The first kappa shape index (κ1) is 12.1. The molecule has 1 atom stereocenters. The fourth-order valence-corrected chi connectivity index (χ4v) is 1.86. The van der Waals surface area contributed by atoms with Crippen LogP contribution in [-0.4, -0.2) is 29.3 Å². The van der Waals surface area contributed by atoms with Crippen LogP contribution in [0.25, 0.3) is 0 Å². The van der Waals surface area contributed by atoms with Crippen LogP contribution >= 0.6 is 0 Å². The minimum absolute atomic E-state index is 0.00527. The van der Waals surface area contributed by atoms with E-state index < -0.39 is 0 Å². The lowest BCUT2D eigenvalue weighted by Gasteiger charge is -2.13. The molecule has 0 saturated carbocycles. The van der Waals surface area contributed by atoms with Crippen molar-refractivity contribution < 1.29 is 14.4 Å². The molecule has 0 bridgehead atoms. The molecule has 5 nitrogen and oxygen atoms in total. The molecule has 1 aliphatic heterocycles. The summed E-state index contributed by atoms with van der Waals surface area (Å²) in [6.45, 7) is 6.65. The Labute approximate surface area is 100 Å². The average molecular weight is 238 g/mol. The van der Waals surface area contributed by atoms with Crippen LogP contribution < -0.4 is 4.90 Å². The van der Waals surface area contributed by atoms with E-state index in [4.69, 9.17) is 9.63 Å². The third-order valence-corrected chi connectivity index (χ3v) is 3.00. The number of hydrogen-bond donors (Lipinski definition) is 1. The first-order chi connectivity index (χ1) is 7.91. The summed E-state index contributed by atoms with van der Waals surface area (Å²) in [6.07, 6.45) is 0.377. The Hall–Kier alpha value is -1.36. The number of carbonyl (C=O) groups excluding carboxylic acids is 1. The highest BCUT2D eigenvalue weighted by Crippen LogP contribution is 2.29. The summed E-state index contributed by atoms with van der Waals surface area (Å²) in [5.41, 5.74) is 0.730. The van der Waals surface area contributed by atoms with Crippen molar-refractivity contribution in [2.24, 2.45) is 5.92 Å². The number of rotatable bonds is 2. The van der Waals surface area contributed by atoms with Gasteiger partial charge in [-0.3, -0.25) is 9.69 Å². The predicted molar refractivity (Wildman–Crippen MR) is 62.7 cm³/mol. The van der Waals surface area contributed by atoms with E-state index in [1.54, 1.807) is 11.0 Å². The van der Waals surface area contributed by atoms with Crippen molar-refractivity contribution >= 4 is 11.8 Å². The highest BCUT2D eigenvalue weighted by Gasteiger charge is 2.33. The molecule has 1 fully saturated rings. The molecular formula is C12H18N2O3. The van der Waals surface area contributed by atoms with Gasteiger partial charge in [0.15, 0.2) is 0 Å². The normalized spacial score (nSPS) is 21.3. The number of anilines is 1. The summed E-state index contributed by atoms with van der Waals surface area (Å²) >= 11 is 0. The molecule has 17 heavy (non-hydrogen) atoms. The second-order valence-electron chi connectivity index (χ2n) is 5.56. The van der Waals surface area contributed by atoms with E-state index in [2.05, 4.69) is 5.16 Å². The molecule has 5 heteroatoms. The van der Waals surface area contributed by atoms with Crippen molar-refractivity contribution in [2.75, 3.05) is 18.1 Å². The molecule has 1 unspecified atom stereocenters. The zero-order chi connectivity index (χ0) is 12.6. The molecule has 1 amide bonds. The van der Waals surface area contributed by atoms with Gasteiger partial charge in [-0.25, -0.2) is 0 Å². The molecule has 2 heterocycles. The van der Waals surface area contributed by atoms with Crippen LogP contribution in [-0.2, 0) is 10.2 Å². The minimum atomic E-state index is -0.0963. The smallest absolute Gasteiger partial charge is 0.234 e. The third-order valence-electron chi connectivity index (χ3n) is 3.00. The van der Waals surface area contributed by atoms with E-state index in [9.17, 15) is 4.79 Å². The van der Waals surface area contributed by atoms with Crippen LogP contribution in [0.5, 0.6) is 0 Å². The van der Waals surface area contributed by atoms with Crippen molar-refractivity contribution in [3.05, 3.63) is 11.8 Å². The molecule has 0 radical (unpaired) electrons. The summed E-state index contributed by atoms with van der Waals surface area (Å²) in [5, 5.41) is 13.0. The molecule has 1 aromatic rings. The summed E-state index contributed by atoms with van der Waals surface area (Å²) < 4.78 is 5.21. The lowest BCUT2D eigenvalue weighted by Crippen LogP contribution is -2.24. The number of amides is 1. The average Bonchev–Trinajstić information content (AvgIpc) is 2.82. The van der Waals surface area contributed by atoms with Crippen molar-refractivity contribution in [3.8, 4) is 0 Å². The van der Waals surface area contributed by atoms with E-state index in [1.807, 2.05) is 20.8 Å². The first-order valence-corrected chi connectivity index (χ1v) is 5.80.